The lowest BCUT2D eigenvalue weighted by atomic mass is 10.5. The largest absolute Gasteiger partial charge is 0.350 e. The van der Waals surface area contributed by atoms with E-state index in [0.29, 0.717) is 6.54 Å². The van der Waals surface area contributed by atoms with E-state index in [1.54, 1.807) is 5.38 Å². The van der Waals surface area contributed by atoms with Crippen LogP contribution in [0.1, 0.15) is 5.69 Å². The van der Waals surface area contributed by atoms with Crippen molar-refractivity contribution < 1.29 is 4.79 Å². The van der Waals surface area contributed by atoms with E-state index in [0.717, 1.165) is 5.69 Å². The van der Waals surface area contributed by atoms with E-state index >= 15 is 0 Å². The van der Waals surface area contributed by atoms with E-state index in [9.17, 15) is 4.79 Å². The molecule has 1 N–H and O–H groups in total. The SMILES string of the molecule is O=C(CS)NCc1csnn1. The number of thiol groups is 1. The maximum Gasteiger partial charge on any atom is 0.230 e. The van der Waals surface area contributed by atoms with Crippen LogP contribution in [0.4, 0.5) is 0 Å². The molecule has 60 valence electrons. The van der Waals surface area contributed by atoms with Crippen molar-refractivity contribution in [2.45, 2.75) is 6.54 Å². The van der Waals surface area contributed by atoms with E-state index in [1.165, 1.54) is 11.5 Å². The van der Waals surface area contributed by atoms with Crippen LogP contribution in [0.25, 0.3) is 0 Å². The number of nitrogens with one attached hydrogen (secondary N) is 1. The fourth-order valence-corrected chi connectivity index (χ4v) is 1.07. The summed E-state index contributed by atoms with van der Waals surface area (Å²) in [6, 6.07) is 0. The number of hydrogen-bond donors (Lipinski definition) is 2. The molecule has 0 aliphatic rings. The molecule has 0 aliphatic carbocycles. The van der Waals surface area contributed by atoms with Crippen LogP contribution in [0.2, 0.25) is 0 Å². The number of carbonyl (C=O) groups is 1. The van der Waals surface area contributed by atoms with E-state index < -0.39 is 0 Å². The lowest BCUT2D eigenvalue weighted by Gasteiger charge is -1.97. The van der Waals surface area contributed by atoms with Gasteiger partial charge >= 0.3 is 0 Å². The second kappa shape index (κ2) is 4.30. The Balaban J connectivity index is 2.29. The second-order valence-electron chi connectivity index (χ2n) is 1.83. The Morgan fingerprint density at radius 2 is 2.64 bits per heavy atom. The monoisotopic (exact) mass is 189 g/mol. The third kappa shape index (κ3) is 2.85. The predicted molar refractivity (Wildman–Crippen MR) is 45.6 cm³/mol. The molecule has 0 saturated heterocycles. The fourth-order valence-electron chi connectivity index (χ4n) is 0.506. The van der Waals surface area contributed by atoms with Gasteiger partial charge in [-0.1, -0.05) is 4.49 Å². The first kappa shape index (κ1) is 8.48. The zero-order valence-corrected chi connectivity index (χ0v) is 7.36. The molecule has 0 unspecified atom stereocenters. The lowest BCUT2D eigenvalue weighted by molar-refractivity contribution is -0.118. The van der Waals surface area contributed by atoms with Crippen LogP contribution >= 0.6 is 24.2 Å². The minimum Gasteiger partial charge on any atom is -0.350 e. The Morgan fingerprint density at radius 1 is 1.82 bits per heavy atom. The minimum atomic E-state index is -0.0960. The molecule has 4 nitrogen and oxygen atoms in total. The Hall–Kier alpha value is -0.620. The molecule has 0 aliphatic heterocycles. The molecule has 0 saturated carbocycles. The average Bonchev–Trinajstić information content (AvgIpc) is 2.52. The van der Waals surface area contributed by atoms with Crippen molar-refractivity contribution in [3.05, 3.63) is 11.1 Å². The van der Waals surface area contributed by atoms with Gasteiger partial charge in [0.15, 0.2) is 0 Å². The van der Waals surface area contributed by atoms with Crippen LogP contribution in [0.5, 0.6) is 0 Å². The van der Waals surface area contributed by atoms with Gasteiger partial charge in [-0.3, -0.25) is 4.79 Å². The summed E-state index contributed by atoms with van der Waals surface area (Å²) in [7, 11) is 0. The van der Waals surface area contributed by atoms with Crippen molar-refractivity contribution >= 4 is 30.1 Å². The molecule has 1 aromatic heterocycles. The van der Waals surface area contributed by atoms with Crippen molar-refractivity contribution in [3.8, 4) is 0 Å². The third-order valence-corrected chi connectivity index (χ3v) is 1.86. The molecule has 0 aromatic carbocycles. The summed E-state index contributed by atoms with van der Waals surface area (Å²) in [6.45, 7) is 0.440. The summed E-state index contributed by atoms with van der Waals surface area (Å²) in [5.41, 5.74) is 0.783. The predicted octanol–water partition coefficient (Wildman–Crippen LogP) is 0.0841. The van der Waals surface area contributed by atoms with Gasteiger partial charge in [0.05, 0.1) is 18.0 Å². The maximum absolute atomic E-state index is 10.7. The highest BCUT2D eigenvalue weighted by Crippen LogP contribution is 1.95. The van der Waals surface area contributed by atoms with Crippen LogP contribution in [0.3, 0.4) is 0 Å². The Morgan fingerprint density at radius 3 is 3.18 bits per heavy atom. The van der Waals surface area contributed by atoms with Crippen molar-refractivity contribution in [1.82, 2.24) is 14.9 Å². The Bertz CT molecular complexity index is 224. The van der Waals surface area contributed by atoms with Crippen molar-refractivity contribution in [2.24, 2.45) is 0 Å². The number of carbonyl (C=O) groups excluding carboxylic acids is 1. The number of rotatable bonds is 3. The van der Waals surface area contributed by atoms with Crippen LogP contribution in [0, 0.1) is 0 Å². The molecular formula is C5H7N3OS2. The van der Waals surface area contributed by atoms with E-state index in [-0.39, 0.29) is 11.7 Å². The zero-order valence-electron chi connectivity index (χ0n) is 5.65. The molecule has 6 heteroatoms. The molecule has 0 spiro atoms. The average molecular weight is 189 g/mol. The van der Waals surface area contributed by atoms with Gasteiger partial charge in [-0.15, -0.1) is 5.10 Å². The van der Waals surface area contributed by atoms with Crippen LogP contribution in [-0.4, -0.2) is 21.2 Å². The smallest absolute Gasteiger partial charge is 0.230 e. The van der Waals surface area contributed by atoms with E-state index in [2.05, 4.69) is 27.5 Å². The first-order valence-electron chi connectivity index (χ1n) is 2.96. The molecule has 0 radical (unpaired) electrons. The van der Waals surface area contributed by atoms with Crippen molar-refractivity contribution in [1.29, 1.82) is 0 Å². The summed E-state index contributed by atoms with van der Waals surface area (Å²) in [6.07, 6.45) is 0. The zero-order chi connectivity index (χ0) is 8.10. The van der Waals surface area contributed by atoms with Crippen molar-refractivity contribution in [2.75, 3.05) is 5.75 Å². The Labute approximate surface area is 73.6 Å². The summed E-state index contributed by atoms with van der Waals surface area (Å²) < 4.78 is 3.65. The van der Waals surface area contributed by atoms with Crippen molar-refractivity contribution in [3.63, 3.8) is 0 Å². The number of amides is 1. The van der Waals surface area contributed by atoms with Gasteiger partial charge < -0.3 is 5.32 Å². The molecular weight excluding hydrogens is 182 g/mol. The molecule has 1 amide bonds. The molecule has 1 heterocycles. The lowest BCUT2D eigenvalue weighted by Crippen LogP contribution is -2.23. The quantitative estimate of drug-likeness (QED) is 0.662. The summed E-state index contributed by atoms with van der Waals surface area (Å²) in [5, 5.41) is 8.17. The van der Waals surface area contributed by atoms with Crippen LogP contribution in [0.15, 0.2) is 5.38 Å². The van der Waals surface area contributed by atoms with Crippen LogP contribution in [-0.2, 0) is 11.3 Å². The first-order valence-corrected chi connectivity index (χ1v) is 4.43. The highest BCUT2D eigenvalue weighted by molar-refractivity contribution is 7.81. The molecule has 0 bridgehead atoms. The summed E-state index contributed by atoms with van der Waals surface area (Å²) >= 11 is 5.07. The summed E-state index contributed by atoms with van der Waals surface area (Å²) in [4.78, 5) is 10.7. The third-order valence-electron chi connectivity index (χ3n) is 1.02. The van der Waals surface area contributed by atoms with E-state index in [4.69, 9.17) is 0 Å². The van der Waals surface area contributed by atoms with E-state index in [1.807, 2.05) is 0 Å². The van der Waals surface area contributed by atoms with Gasteiger partial charge in [0.2, 0.25) is 5.91 Å². The first-order chi connectivity index (χ1) is 5.33. The number of hydrogen-bond acceptors (Lipinski definition) is 5. The molecule has 1 rings (SSSR count). The van der Waals surface area contributed by atoms with Gasteiger partial charge in [0, 0.05) is 5.38 Å². The standard InChI is InChI=1S/C5H7N3OS2/c9-5(2-10)6-1-4-3-11-8-7-4/h3,10H,1-2H2,(H,6,9). The highest BCUT2D eigenvalue weighted by Gasteiger charge is 1.98. The van der Waals surface area contributed by atoms with Gasteiger partial charge in [0.25, 0.3) is 0 Å². The number of aromatic nitrogens is 2. The molecule has 0 atom stereocenters. The normalized spacial score (nSPS) is 9.55. The second-order valence-corrected chi connectivity index (χ2v) is 2.76. The van der Waals surface area contributed by atoms with Gasteiger partial charge in [-0.2, -0.15) is 12.6 Å². The maximum atomic E-state index is 10.7. The topological polar surface area (TPSA) is 54.9 Å². The fraction of sp³-hybridized carbons (Fsp3) is 0.400. The van der Waals surface area contributed by atoms with Gasteiger partial charge in [-0.25, -0.2) is 0 Å². The van der Waals surface area contributed by atoms with Crippen LogP contribution < -0.4 is 5.32 Å². The molecule has 1 aromatic rings. The number of nitrogens with zero attached hydrogens (tertiary/aromatic N) is 2. The van der Waals surface area contributed by atoms with Gasteiger partial charge in [-0.05, 0) is 11.5 Å². The van der Waals surface area contributed by atoms with Gasteiger partial charge in [0.1, 0.15) is 0 Å². The Kier molecular flexibility index (Phi) is 3.31. The molecule has 0 fully saturated rings. The highest BCUT2D eigenvalue weighted by atomic mass is 32.1. The minimum absolute atomic E-state index is 0.0960. The molecule has 11 heavy (non-hydrogen) atoms. The summed E-state index contributed by atoms with van der Waals surface area (Å²) in [5.74, 6) is 0.110.